The molecule has 12 heterocycles. The highest BCUT2D eigenvalue weighted by molar-refractivity contribution is 6.62. The van der Waals surface area contributed by atoms with E-state index in [9.17, 15) is 27.6 Å². The lowest BCUT2D eigenvalue weighted by Crippen LogP contribution is -2.41. The van der Waals surface area contributed by atoms with Crippen LogP contribution in [-0.2, 0) is 23.4 Å². The lowest BCUT2D eigenvalue weighted by molar-refractivity contribution is 0.00578. The van der Waals surface area contributed by atoms with Crippen LogP contribution in [0.5, 0.6) is 0 Å². The zero-order valence-electron chi connectivity index (χ0n) is 58.7. The third kappa shape index (κ3) is 14.3. The van der Waals surface area contributed by atoms with Crippen LogP contribution in [-0.4, -0.2) is 96.4 Å². The number of anilines is 2. The maximum absolute atomic E-state index is 14.3. The fourth-order valence-electron chi connectivity index (χ4n) is 13.1. The molecule has 0 spiro atoms. The first-order valence-electron chi connectivity index (χ1n) is 34.3. The van der Waals surface area contributed by atoms with Crippen LogP contribution in [0.3, 0.4) is 0 Å². The number of nitrogens with zero attached hydrogens (tertiary/aromatic N) is 13. The summed E-state index contributed by atoms with van der Waals surface area (Å²) in [5, 5.41) is 21.3. The van der Waals surface area contributed by atoms with Crippen molar-refractivity contribution in [2.24, 2.45) is 19.8 Å². The van der Waals surface area contributed by atoms with Crippen LogP contribution in [0.4, 0.5) is 24.8 Å². The zero-order chi connectivity index (χ0) is 74.1. The Bertz CT molecular complexity index is 5820. The highest BCUT2D eigenvalue weighted by atomic mass is 35.5. The number of H-pyrrole nitrogens is 3. The summed E-state index contributed by atoms with van der Waals surface area (Å²) in [6, 6.07) is 22.8. The van der Waals surface area contributed by atoms with E-state index in [2.05, 4.69) is 71.8 Å². The smallest absolute Gasteiger partial charge is 0.399 e. The van der Waals surface area contributed by atoms with Gasteiger partial charge in [0, 0.05) is 104 Å². The number of hydrogen-bond acceptors (Lipinski definition) is 16. The molecule has 7 N–H and O–H groups in total. The van der Waals surface area contributed by atoms with Gasteiger partial charge in [0.2, 0.25) is 0 Å². The van der Waals surface area contributed by atoms with E-state index < -0.39 is 17.5 Å². The Labute approximate surface area is 613 Å². The van der Waals surface area contributed by atoms with Gasteiger partial charge >= 0.3 is 7.12 Å². The molecular weight excluding hydrogens is 1410 g/mol. The average Bonchev–Trinajstić information content (AvgIpc) is 1.73. The number of fused-ring (bicyclic) bond motifs is 6. The summed E-state index contributed by atoms with van der Waals surface area (Å²) in [6.07, 6.45) is 21.1. The number of hydrogen-bond donors (Lipinski definition) is 6. The maximum atomic E-state index is 14.3. The number of nitrogens with two attached hydrogens (primary N) is 1. The summed E-state index contributed by atoms with van der Waals surface area (Å²) in [7, 11) is 3.44. The van der Waals surface area contributed by atoms with Gasteiger partial charge in [0.1, 0.15) is 52.7 Å². The summed E-state index contributed by atoms with van der Waals surface area (Å²) in [6.45, 7) is 14.0. The van der Waals surface area contributed by atoms with E-state index in [0.29, 0.717) is 71.6 Å². The molecule has 24 nitrogen and oxygen atoms in total. The van der Waals surface area contributed by atoms with Gasteiger partial charge in [-0.05, 0) is 139 Å². The topological polar surface area (TPSA) is 295 Å². The van der Waals surface area contributed by atoms with Gasteiger partial charge in [-0.15, -0.1) is 0 Å². The number of halogens is 6. The van der Waals surface area contributed by atoms with Gasteiger partial charge in [0.15, 0.2) is 17.5 Å². The summed E-state index contributed by atoms with van der Waals surface area (Å²) in [5.74, 6) is -0.484. The second kappa shape index (κ2) is 28.7. The van der Waals surface area contributed by atoms with Crippen LogP contribution in [0, 0.1) is 17.5 Å². The van der Waals surface area contributed by atoms with Gasteiger partial charge < -0.3 is 54.3 Å². The van der Waals surface area contributed by atoms with Gasteiger partial charge in [-0.25, -0.2) is 43.1 Å². The second-order valence-corrected chi connectivity index (χ2v) is 28.9. The number of aromatic amines is 3. The monoisotopic (exact) mass is 1480 g/mol. The number of nitrogens with one attached hydrogen (secondary N) is 5. The minimum atomic E-state index is -0.425. The fraction of sp³-hybridized carbons (Fsp3) is 0.311. The Balaban J connectivity index is 0.000000116. The standard InChI is InChI=1S/C24H22FN7O.C20H17ClFN5O.C14H15ClN2O.C10H17BN2O2.C6H3ClFN3/c1-13(30-23-21-18(25)10-26-22(21)27-12-28-23)19-8-14-4-3-5-17(15-9-29-31(2)11-15)20(14)24(33)32(19)16-6-7-16;1-10(26-19-17-14(22)8-23-18(17)24-9-25-19)15-7-11-3-2-4-13(21)16(11)20(28)27(15)12-5-6-12;1-8(16)12-7-9-3-2-4-11(15)13(9)14(18)17(12)10-5-6-10;1-9(2)10(3,4)15-11(14-9)8-6-12-13(5)7-8;7-5-4-3(8)1-9-6(4)11-2-10-5/h3-5,8-13,16H,6-7H2,1-2H3,(H2,26,27,28,30);2-4,7-10,12H,5-6H2,1H3,(H2,23,24,25,26);2-4,7-8,10H,5-6,16H2,1H3;6-7H,1-5H3;1-2H,(H,9,10,11)/t13-;10-;8-;;/m000../s1. The Morgan fingerprint density at radius 2 is 0.933 bits per heavy atom. The molecule has 0 radical (unpaired) electrons. The molecule has 1 aliphatic heterocycles. The van der Waals surface area contributed by atoms with Crippen molar-refractivity contribution in [2.45, 2.75) is 134 Å². The lowest BCUT2D eigenvalue weighted by atomic mass is 9.82. The third-order valence-corrected chi connectivity index (χ3v) is 20.4. The summed E-state index contributed by atoms with van der Waals surface area (Å²) in [4.78, 5) is 71.8. The van der Waals surface area contributed by atoms with Crippen molar-refractivity contribution in [3.05, 3.63) is 216 Å². The molecule has 0 unspecified atom stereocenters. The molecule has 11 aromatic heterocycles. The van der Waals surface area contributed by atoms with Crippen molar-refractivity contribution in [3.8, 4) is 11.1 Å². The molecule has 1 saturated heterocycles. The number of aryl methyl sites for hydroxylation is 2. The first-order valence-corrected chi connectivity index (χ1v) is 35.4. The van der Waals surface area contributed by atoms with Gasteiger partial charge in [0.05, 0.1) is 71.8 Å². The van der Waals surface area contributed by atoms with Crippen LogP contribution in [0.15, 0.2) is 150 Å². The van der Waals surface area contributed by atoms with Crippen molar-refractivity contribution in [1.29, 1.82) is 0 Å². The van der Waals surface area contributed by atoms with Crippen LogP contribution in [0.2, 0.25) is 15.2 Å². The highest BCUT2D eigenvalue weighted by Gasteiger charge is 2.52. The van der Waals surface area contributed by atoms with Crippen molar-refractivity contribution in [2.75, 3.05) is 10.6 Å². The predicted molar refractivity (Wildman–Crippen MR) is 404 cm³/mol. The SMILES string of the molecule is C[C@H](N)c1cc2cccc(Cl)c2c(=O)n1C1CC1.C[C@H](Nc1ncnc2[nH]cc(F)c12)c1cc2cccc(-c3cnn(C)c3)c2c(=O)n1C1CC1.C[C@H](Nc1ncnc2[nH]cc(F)c12)c1cc2cccc(Cl)c2c(=O)n1C1CC1.Cn1cc(B2OC(C)(C)C(C)(C)O2)cn1.Fc1c[nH]c2ncnc(Cl)c12. The van der Waals surface area contributed by atoms with Crippen LogP contribution in [0.25, 0.3) is 76.5 Å². The molecule has 3 atom stereocenters. The number of pyridine rings is 3. The molecule has 0 amide bonds. The van der Waals surface area contributed by atoms with E-state index in [1.54, 1.807) is 33.9 Å². The molecule has 540 valence electrons. The van der Waals surface area contributed by atoms with Crippen LogP contribution < -0.4 is 38.5 Å². The Kier molecular flexibility index (Phi) is 19.6. The quantitative estimate of drug-likeness (QED) is 0.0489. The molecule has 14 aromatic rings. The largest absolute Gasteiger partial charge is 0.498 e. The Hall–Kier alpha value is -10.2. The van der Waals surface area contributed by atoms with E-state index in [0.717, 1.165) is 88.4 Å². The van der Waals surface area contributed by atoms with E-state index in [4.69, 9.17) is 49.8 Å². The first kappa shape index (κ1) is 71.8. The fourth-order valence-corrected chi connectivity index (χ4v) is 13.9. The van der Waals surface area contributed by atoms with Gasteiger partial charge in [-0.1, -0.05) is 77.3 Å². The van der Waals surface area contributed by atoms with E-state index in [1.807, 2.05) is 143 Å². The molecule has 3 saturated carbocycles. The van der Waals surface area contributed by atoms with E-state index >= 15 is 0 Å². The molecule has 3 aliphatic carbocycles. The molecule has 31 heteroatoms. The van der Waals surface area contributed by atoms with Crippen LogP contribution >= 0.6 is 34.8 Å². The molecule has 105 heavy (non-hydrogen) atoms. The third-order valence-electron chi connectivity index (χ3n) is 19.5. The minimum Gasteiger partial charge on any atom is -0.399 e. The minimum absolute atomic E-state index is 0.00657. The van der Waals surface area contributed by atoms with Crippen molar-refractivity contribution in [1.82, 2.24) is 78.1 Å². The van der Waals surface area contributed by atoms with E-state index in [-0.39, 0.29) is 75.7 Å². The number of benzene rings is 3. The number of rotatable bonds is 12. The number of aromatic nitrogens is 16. The Morgan fingerprint density at radius 3 is 1.36 bits per heavy atom. The summed E-state index contributed by atoms with van der Waals surface area (Å²) in [5.41, 5.74) is 11.9. The van der Waals surface area contributed by atoms with Crippen molar-refractivity contribution < 1.29 is 22.5 Å². The van der Waals surface area contributed by atoms with E-state index in [1.165, 1.54) is 37.6 Å². The zero-order valence-corrected chi connectivity index (χ0v) is 61.0. The van der Waals surface area contributed by atoms with Crippen molar-refractivity contribution >= 4 is 124 Å². The van der Waals surface area contributed by atoms with Gasteiger partial charge in [-0.2, -0.15) is 10.2 Å². The van der Waals surface area contributed by atoms with Gasteiger partial charge in [-0.3, -0.25) is 23.7 Å². The normalized spacial score (nSPS) is 16.1. The molecule has 18 rings (SSSR count). The molecule has 0 bridgehead atoms. The second-order valence-electron chi connectivity index (χ2n) is 27.8. The van der Waals surface area contributed by atoms with Gasteiger partial charge in [0.25, 0.3) is 16.7 Å². The summed E-state index contributed by atoms with van der Waals surface area (Å²) >= 11 is 18.0. The highest BCUT2D eigenvalue weighted by Crippen LogP contribution is 2.42. The lowest BCUT2D eigenvalue weighted by Gasteiger charge is -2.32. The summed E-state index contributed by atoms with van der Waals surface area (Å²) < 4.78 is 62.1. The van der Waals surface area contributed by atoms with Crippen molar-refractivity contribution in [3.63, 3.8) is 0 Å². The molecular formula is C74H74BCl3F3N19O5. The first-order chi connectivity index (χ1) is 50.2. The molecule has 3 aromatic carbocycles. The Morgan fingerprint density at radius 1 is 0.533 bits per heavy atom. The molecule has 4 fully saturated rings. The maximum Gasteiger partial charge on any atom is 0.498 e. The average molecular weight is 1480 g/mol. The predicted octanol–water partition coefficient (Wildman–Crippen LogP) is 14.4. The van der Waals surface area contributed by atoms with Crippen LogP contribution in [0.1, 0.15) is 140 Å². The molecule has 4 aliphatic rings.